The molecule has 1 aromatic carbocycles. The number of hydrogen-bond acceptors (Lipinski definition) is 3. The van der Waals surface area contributed by atoms with E-state index in [1.54, 1.807) is 0 Å². The van der Waals surface area contributed by atoms with Gasteiger partial charge in [-0.2, -0.15) is 0 Å². The Kier molecular flexibility index (Phi) is 8.36. The summed E-state index contributed by atoms with van der Waals surface area (Å²) in [5.74, 6) is 0.832. The number of benzene rings is 1. The summed E-state index contributed by atoms with van der Waals surface area (Å²) < 4.78 is 6.75. The molecule has 6 heteroatoms. The molecule has 0 bridgehead atoms. The lowest BCUT2D eigenvalue weighted by atomic mass is 10.2. The van der Waals surface area contributed by atoms with Gasteiger partial charge in [-0.15, -0.1) is 12.4 Å². The second-order valence-electron chi connectivity index (χ2n) is 4.98. The molecule has 1 aromatic rings. The van der Waals surface area contributed by atoms with Gasteiger partial charge in [0.15, 0.2) is 6.61 Å². The lowest BCUT2D eigenvalue weighted by Crippen LogP contribution is -2.44. The van der Waals surface area contributed by atoms with E-state index in [0.29, 0.717) is 6.04 Å². The molecular weight excluding hydrogens is 403 g/mol. The summed E-state index contributed by atoms with van der Waals surface area (Å²) in [5.41, 5.74) is 0. The summed E-state index contributed by atoms with van der Waals surface area (Å²) in [6.45, 7) is 4.92. The van der Waals surface area contributed by atoms with Gasteiger partial charge in [0.05, 0.1) is 0 Å². The van der Waals surface area contributed by atoms with E-state index in [4.69, 9.17) is 4.74 Å². The Morgan fingerprint density at radius 1 is 1.43 bits per heavy atom. The van der Waals surface area contributed by atoms with Crippen LogP contribution in [0.25, 0.3) is 0 Å². The fourth-order valence-corrected chi connectivity index (χ4v) is 2.78. The molecule has 1 unspecified atom stereocenters. The molecule has 21 heavy (non-hydrogen) atoms. The van der Waals surface area contributed by atoms with Crippen LogP contribution in [-0.4, -0.2) is 43.1 Å². The minimum atomic E-state index is 0. The van der Waals surface area contributed by atoms with Crippen molar-refractivity contribution in [1.82, 2.24) is 10.2 Å². The van der Waals surface area contributed by atoms with E-state index < -0.39 is 0 Å². The van der Waals surface area contributed by atoms with E-state index in [1.807, 2.05) is 29.2 Å². The first-order valence-electron chi connectivity index (χ1n) is 7.09. The lowest BCUT2D eigenvalue weighted by Gasteiger charge is -2.28. The molecule has 1 aliphatic rings. The Morgan fingerprint density at radius 2 is 2.14 bits per heavy atom. The summed E-state index contributed by atoms with van der Waals surface area (Å²) in [6.07, 6.45) is 2.01. The highest BCUT2D eigenvalue weighted by Gasteiger charge is 2.25. The molecule has 1 N–H and O–H groups in total. The van der Waals surface area contributed by atoms with Crippen molar-refractivity contribution < 1.29 is 9.53 Å². The van der Waals surface area contributed by atoms with Crippen LogP contribution < -0.4 is 10.1 Å². The van der Waals surface area contributed by atoms with Crippen LogP contribution in [-0.2, 0) is 4.79 Å². The molecule has 1 aliphatic heterocycles. The second-order valence-corrected chi connectivity index (χ2v) is 6.22. The molecule has 1 saturated heterocycles. The van der Waals surface area contributed by atoms with Crippen molar-refractivity contribution >= 4 is 40.9 Å². The summed E-state index contributed by atoms with van der Waals surface area (Å²) >= 11 is 2.25. The van der Waals surface area contributed by atoms with Crippen LogP contribution in [0.3, 0.4) is 0 Å². The third-order valence-corrected chi connectivity index (χ3v) is 4.16. The monoisotopic (exact) mass is 424 g/mol. The van der Waals surface area contributed by atoms with Crippen LogP contribution in [0.4, 0.5) is 0 Å². The van der Waals surface area contributed by atoms with E-state index >= 15 is 0 Å². The van der Waals surface area contributed by atoms with Crippen molar-refractivity contribution in [3.63, 3.8) is 0 Å². The third-order valence-electron chi connectivity index (χ3n) is 3.44. The van der Waals surface area contributed by atoms with Crippen LogP contribution in [0, 0.1) is 3.57 Å². The molecule has 0 aromatic heterocycles. The number of ether oxygens (including phenoxy) is 1. The second kappa shape index (κ2) is 9.48. The number of halogens is 2. The van der Waals surface area contributed by atoms with Gasteiger partial charge in [0, 0.05) is 22.7 Å². The number of nitrogens with one attached hydrogen (secondary N) is 1. The van der Waals surface area contributed by atoms with Crippen molar-refractivity contribution in [1.29, 1.82) is 0 Å². The topological polar surface area (TPSA) is 41.6 Å². The van der Waals surface area contributed by atoms with Gasteiger partial charge in [-0.3, -0.25) is 4.79 Å². The summed E-state index contributed by atoms with van der Waals surface area (Å²) in [7, 11) is 0. The Morgan fingerprint density at radius 3 is 2.71 bits per heavy atom. The molecule has 1 amide bonds. The van der Waals surface area contributed by atoms with E-state index in [9.17, 15) is 4.79 Å². The minimum Gasteiger partial charge on any atom is -0.484 e. The van der Waals surface area contributed by atoms with Crippen LogP contribution >= 0.6 is 35.0 Å². The number of nitrogens with zero attached hydrogens (tertiary/aromatic N) is 1. The van der Waals surface area contributed by atoms with Crippen molar-refractivity contribution in [2.75, 3.05) is 26.2 Å². The van der Waals surface area contributed by atoms with Crippen LogP contribution in [0.5, 0.6) is 5.75 Å². The van der Waals surface area contributed by atoms with Gasteiger partial charge in [0.25, 0.3) is 5.91 Å². The maximum absolute atomic E-state index is 12.3. The standard InChI is InChI=1S/C15H21IN2O2.ClH/c1-2-9-18(13-7-8-17-10-13)15(19)11-20-14-5-3-12(16)4-6-14;/h3-6,13,17H,2,7-11H2,1H3;1H. The first-order chi connectivity index (χ1) is 9.70. The normalized spacial score (nSPS) is 17.1. The molecule has 2 rings (SSSR count). The fraction of sp³-hybridized carbons (Fsp3) is 0.533. The van der Waals surface area contributed by atoms with E-state index in [2.05, 4.69) is 34.8 Å². The zero-order valence-electron chi connectivity index (χ0n) is 12.2. The molecule has 1 heterocycles. The Labute approximate surface area is 146 Å². The SMILES string of the molecule is CCCN(C(=O)COc1ccc(I)cc1)C1CCNC1.Cl. The molecule has 0 radical (unpaired) electrons. The maximum atomic E-state index is 12.3. The van der Waals surface area contributed by atoms with Crippen molar-refractivity contribution in [2.45, 2.75) is 25.8 Å². The van der Waals surface area contributed by atoms with Crippen molar-refractivity contribution in [2.24, 2.45) is 0 Å². The van der Waals surface area contributed by atoms with E-state index in [0.717, 1.165) is 41.8 Å². The van der Waals surface area contributed by atoms with Gasteiger partial charge in [0.1, 0.15) is 5.75 Å². The van der Waals surface area contributed by atoms with Gasteiger partial charge in [0.2, 0.25) is 0 Å². The number of carbonyl (C=O) groups excluding carboxylic acids is 1. The molecule has 4 nitrogen and oxygen atoms in total. The molecule has 0 spiro atoms. The highest BCUT2D eigenvalue weighted by atomic mass is 127. The number of carbonyl (C=O) groups is 1. The van der Waals surface area contributed by atoms with Gasteiger partial charge in [-0.25, -0.2) is 0 Å². The molecule has 118 valence electrons. The van der Waals surface area contributed by atoms with Crippen molar-refractivity contribution in [3.05, 3.63) is 27.8 Å². The third kappa shape index (κ3) is 5.64. The number of hydrogen-bond donors (Lipinski definition) is 1. The molecule has 0 aliphatic carbocycles. The summed E-state index contributed by atoms with van der Waals surface area (Å²) in [5, 5.41) is 3.31. The van der Waals surface area contributed by atoms with E-state index in [1.165, 1.54) is 0 Å². The van der Waals surface area contributed by atoms with Gasteiger partial charge in [-0.05, 0) is 66.2 Å². The lowest BCUT2D eigenvalue weighted by molar-refractivity contribution is -0.135. The predicted molar refractivity (Wildman–Crippen MR) is 95.2 cm³/mol. The molecule has 1 atom stereocenters. The largest absolute Gasteiger partial charge is 0.484 e. The first kappa shape index (κ1) is 18.5. The highest BCUT2D eigenvalue weighted by Crippen LogP contribution is 2.14. The zero-order chi connectivity index (χ0) is 14.4. The number of amides is 1. The maximum Gasteiger partial charge on any atom is 0.260 e. The predicted octanol–water partition coefficient (Wildman–Crippen LogP) is 2.69. The molecule has 1 fully saturated rings. The average molecular weight is 425 g/mol. The van der Waals surface area contributed by atoms with Gasteiger partial charge < -0.3 is 15.0 Å². The Balaban J connectivity index is 0.00000220. The smallest absolute Gasteiger partial charge is 0.260 e. The average Bonchev–Trinajstić information content (AvgIpc) is 2.97. The Bertz CT molecular complexity index is 436. The van der Waals surface area contributed by atoms with Crippen LogP contribution in [0.2, 0.25) is 0 Å². The zero-order valence-corrected chi connectivity index (χ0v) is 15.2. The Hall–Kier alpha value is -0.530. The van der Waals surface area contributed by atoms with Crippen molar-refractivity contribution in [3.8, 4) is 5.75 Å². The quantitative estimate of drug-likeness (QED) is 0.714. The fourth-order valence-electron chi connectivity index (χ4n) is 2.42. The first-order valence-corrected chi connectivity index (χ1v) is 8.17. The highest BCUT2D eigenvalue weighted by molar-refractivity contribution is 14.1. The van der Waals surface area contributed by atoms with Gasteiger partial charge >= 0.3 is 0 Å². The van der Waals surface area contributed by atoms with Crippen LogP contribution in [0.1, 0.15) is 19.8 Å². The minimum absolute atomic E-state index is 0. The summed E-state index contributed by atoms with van der Waals surface area (Å²) in [4.78, 5) is 14.3. The van der Waals surface area contributed by atoms with E-state index in [-0.39, 0.29) is 24.9 Å². The van der Waals surface area contributed by atoms with Crippen LogP contribution in [0.15, 0.2) is 24.3 Å². The molecule has 0 saturated carbocycles. The van der Waals surface area contributed by atoms with Gasteiger partial charge in [-0.1, -0.05) is 6.92 Å². The number of rotatable bonds is 6. The molecular formula is C15H22ClIN2O2. The summed E-state index contributed by atoms with van der Waals surface area (Å²) in [6, 6.07) is 8.07.